The van der Waals surface area contributed by atoms with Crippen LogP contribution in [-0.4, -0.2) is 42.9 Å². The van der Waals surface area contributed by atoms with Crippen LogP contribution in [0.4, 0.5) is 0 Å². The van der Waals surface area contributed by atoms with Crippen molar-refractivity contribution in [2.24, 2.45) is 0 Å². The smallest absolute Gasteiger partial charge is 0.187 e. The van der Waals surface area contributed by atoms with Crippen molar-refractivity contribution in [3.63, 3.8) is 0 Å². The average molecular weight is 597 g/mol. The van der Waals surface area contributed by atoms with Crippen LogP contribution in [-0.2, 0) is 54.8 Å². The molecule has 232 valence electrons. The van der Waals surface area contributed by atoms with Crippen LogP contribution < -0.4 is 0 Å². The Morgan fingerprint density at radius 3 is 1.32 bits per heavy atom. The van der Waals surface area contributed by atoms with Crippen molar-refractivity contribution in [3.05, 3.63) is 144 Å². The molecule has 4 aromatic rings. The van der Waals surface area contributed by atoms with Crippen LogP contribution >= 0.6 is 0 Å². The standard InChI is InChI=1S/C38H44O6/c1-38(2,3)44-37-36(42-27-32-22-14-7-15-23-32)35(41-26-31-20-12-6-13-21-31)34(40-25-30-18-10-5-11-19-30)33(43-37)28-39-24-29-16-8-4-9-17-29/h4-23,33-37H,24-28H2,1-3H3/t33-,34+,35+,36-,37+/m1/s1. The molecule has 1 heterocycles. The largest absolute Gasteiger partial charge is 0.374 e. The molecule has 0 aromatic heterocycles. The number of ether oxygens (including phenoxy) is 6. The zero-order valence-corrected chi connectivity index (χ0v) is 25.9. The van der Waals surface area contributed by atoms with Crippen molar-refractivity contribution < 1.29 is 28.4 Å². The summed E-state index contributed by atoms with van der Waals surface area (Å²) in [5.74, 6) is 0. The van der Waals surface area contributed by atoms with Crippen LogP contribution in [0.15, 0.2) is 121 Å². The first-order valence-corrected chi connectivity index (χ1v) is 15.4. The summed E-state index contributed by atoms with van der Waals surface area (Å²) in [7, 11) is 0. The Bertz CT molecular complexity index is 1340. The van der Waals surface area contributed by atoms with Gasteiger partial charge >= 0.3 is 0 Å². The van der Waals surface area contributed by atoms with Gasteiger partial charge in [-0.2, -0.15) is 0 Å². The zero-order chi connectivity index (χ0) is 30.6. The lowest BCUT2D eigenvalue weighted by atomic mass is 9.97. The predicted octanol–water partition coefficient (Wildman–Crippen LogP) is 7.50. The first kappa shape index (κ1) is 32.0. The van der Waals surface area contributed by atoms with E-state index in [4.69, 9.17) is 28.4 Å². The van der Waals surface area contributed by atoms with Crippen molar-refractivity contribution in [2.75, 3.05) is 6.61 Å². The third kappa shape index (κ3) is 9.83. The van der Waals surface area contributed by atoms with E-state index in [-0.39, 0.29) is 0 Å². The van der Waals surface area contributed by atoms with Gasteiger partial charge < -0.3 is 28.4 Å². The molecule has 6 heteroatoms. The number of rotatable bonds is 14. The highest BCUT2D eigenvalue weighted by molar-refractivity contribution is 5.16. The van der Waals surface area contributed by atoms with Crippen molar-refractivity contribution in [1.82, 2.24) is 0 Å². The quantitative estimate of drug-likeness (QED) is 0.150. The molecule has 0 unspecified atom stereocenters. The highest BCUT2D eigenvalue weighted by Gasteiger charge is 2.50. The minimum absolute atomic E-state index is 0.301. The summed E-state index contributed by atoms with van der Waals surface area (Å²) in [4.78, 5) is 0. The van der Waals surface area contributed by atoms with Crippen molar-refractivity contribution in [2.45, 2.75) is 83.5 Å². The average Bonchev–Trinajstić information content (AvgIpc) is 3.04. The molecule has 0 amide bonds. The van der Waals surface area contributed by atoms with E-state index in [0.717, 1.165) is 22.3 Å². The lowest BCUT2D eigenvalue weighted by Crippen LogP contribution is -2.62. The first-order chi connectivity index (χ1) is 21.4. The van der Waals surface area contributed by atoms with Crippen LogP contribution in [0, 0.1) is 0 Å². The lowest BCUT2D eigenvalue weighted by molar-refractivity contribution is -0.344. The van der Waals surface area contributed by atoms with E-state index in [9.17, 15) is 0 Å². The van der Waals surface area contributed by atoms with Crippen LogP contribution in [0.5, 0.6) is 0 Å². The molecule has 1 aliphatic rings. The molecule has 6 nitrogen and oxygen atoms in total. The molecule has 0 bridgehead atoms. The molecule has 5 atom stereocenters. The second-order valence-electron chi connectivity index (χ2n) is 12.1. The molecule has 0 aliphatic carbocycles. The third-order valence-electron chi connectivity index (χ3n) is 7.31. The van der Waals surface area contributed by atoms with E-state index < -0.39 is 36.3 Å². The van der Waals surface area contributed by atoms with E-state index in [1.54, 1.807) is 0 Å². The molecule has 1 aliphatic heterocycles. The third-order valence-corrected chi connectivity index (χ3v) is 7.31. The van der Waals surface area contributed by atoms with Gasteiger partial charge in [0, 0.05) is 0 Å². The monoisotopic (exact) mass is 596 g/mol. The number of hydrogen-bond donors (Lipinski definition) is 0. The van der Waals surface area contributed by atoms with Gasteiger partial charge in [-0.1, -0.05) is 121 Å². The fourth-order valence-corrected chi connectivity index (χ4v) is 5.19. The van der Waals surface area contributed by atoms with E-state index >= 15 is 0 Å². The van der Waals surface area contributed by atoms with E-state index in [0.29, 0.717) is 33.0 Å². The van der Waals surface area contributed by atoms with Gasteiger partial charge in [-0.05, 0) is 43.0 Å². The maximum atomic E-state index is 6.75. The summed E-state index contributed by atoms with van der Waals surface area (Å²) in [5, 5.41) is 0. The minimum atomic E-state index is -0.707. The summed E-state index contributed by atoms with van der Waals surface area (Å²) in [6.07, 6.45) is -2.73. The van der Waals surface area contributed by atoms with E-state index in [2.05, 4.69) is 36.4 Å². The molecular formula is C38H44O6. The van der Waals surface area contributed by atoms with Gasteiger partial charge in [0.1, 0.15) is 24.4 Å². The van der Waals surface area contributed by atoms with Gasteiger partial charge in [0.2, 0.25) is 0 Å². The molecule has 1 fully saturated rings. The second-order valence-corrected chi connectivity index (χ2v) is 12.1. The van der Waals surface area contributed by atoms with Crippen LogP contribution in [0.2, 0.25) is 0 Å². The second kappa shape index (κ2) is 16.1. The lowest BCUT2D eigenvalue weighted by Gasteiger charge is -2.47. The zero-order valence-electron chi connectivity index (χ0n) is 25.9. The van der Waals surface area contributed by atoms with Crippen LogP contribution in [0.3, 0.4) is 0 Å². The molecule has 4 aromatic carbocycles. The van der Waals surface area contributed by atoms with Gasteiger partial charge in [-0.15, -0.1) is 0 Å². The molecule has 5 rings (SSSR count). The van der Waals surface area contributed by atoms with Crippen molar-refractivity contribution >= 4 is 0 Å². The molecule has 0 radical (unpaired) electrons. The topological polar surface area (TPSA) is 55.4 Å². The summed E-state index contributed by atoms with van der Waals surface area (Å²) >= 11 is 0. The summed E-state index contributed by atoms with van der Waals surface area (Å²) < 4.78 is 39.5. The van der Waals surface area contributed by atoms with Crippen LogP contribution in [0.25, 0.3) is 0 Å². The summed E-state index contributed by atoms with van der Waals surface area (Å²) in [5.41, 5.74) is 3.78. The summed E-state index contributed by atoms with van der Waals surface area (Å²) in [6, 6.07) is 40.5. The Morgan fingerprint density at radius 1 is 0.500 bits per heavy atom. The SMILES string of the molecule is CC(C)(C)O[C@@H]1O[C@H](COCc2ccccc2)[C@H](OCc2ccccc2)[C@H](OCc2ccccc2)[C@H]1OCc1ccccc1. The Balaban J connectivity index is 1.44. The molecule has 1 saturated heterocycles. The molecule has 0 saturated carbocycles. The van der Waals surface area contributed by atoms with Gasteiger partial charge in [0.05, 0.1) is 38.6 Å². The normalized spacial score (nSPS) is 22.1. The Hall–Kier alpha value is -3.36. The minimum Gasteiger partial charge on any atom is -0.374 e. The maximum absolute atomic E-state index is 6.75. The van der Waals surface area contributed by atoms with Gasteiger partial charge in [0.25, 0.3) is 0 Å². The Morgan fingerprint density at radius 2 is 0.886 bits per heavy atom. The first-order valence-electron chi connectivity index (χ1n) is 15.4. The highest BCUT2D eigenvalue weighted by atomic mass is 16.7. The maximum Gasteiger partial charge on any atom is 0.187 e. The Labute approximate surface area is 261 Å². The molecule has 0 N–H and O–H groups in total. The van der Waals surface area contributed by atoms with Gasteiger partial charge in [-0.3, -0.25) is 0 Å². The van der Waals surface area contributed by atoms with Gasteiger partial charge in [0.15, 0.2) is 6.29 Å². The van der Waals surface area contributed by atoms with E-state index in [1.807, 2.05) is 106 Å². The van der Waals surface area contributed by atoms with Crippen molar-refractivity contribution in [3.8, 4) is 0 Å². The highest BCUT2D eigenvalue weighted by Crippen LogP contribution is 2.33. The van der Waals surface area contributed by atoms with E-state index in [1.165, 1.54) is 0 Å². The van der Waals surface area contributed by atoms with Gasteiger partial charge in [-0.25, -0.2) is 0 Å². The molecule has 0 spiro atoms. The Kier molecular flexibility index (Phi) is 11.7. The number of benzene rings is 4. The molecule has 44 heavy (non-hydrogen) atoms. The number of hydrogen-bond acceptors (Lipinski definition) is 6. The fourth-order valence-electron chi connectivity index (χ4n) is 5.19. The predicted molar refractivity (Wildman–Crippen MR) is 171 cm³/mol. The fraction of sp³-hybridized carbons (Fsp3) is 0.368. The summed E-state index contributed by atoms with van der Waals surface area (Å²) in [6.45, 7) is 7.98. The molecular weight excluding hydrogens is 552 g/mol. The van der Waals surface area contributed by atoms with Crippen molar-refractivity contribution in [1.29, 1.82) is 0 Å². The van der Waals surface area contributed by atoms with Crippen LogP contribution in [0.1, 0.15) is 43.0 Å².